The average molecular weight is 435 g/mol. The van der Waals surface area contributed by atoms with E-state index in [-0.39, 0.29) is 17.9 Å². The Morgan fingerprint density at radius 1 is 1.12 bits per heavy atom. The average Bonchev–Trinajstić information content (AvgIpc) is 3.41. The number of likely N-dealkylation sites (tertiary alicyclic amines) is 1. The number of hydrogen-bond acceptors (Lipinski definition) is 5. The van der Waals surface area contributed by atoms with Crippen LogP contribution in [0.2, 0.25) is 0 Å². The van der Waals surface area contributed by atoms with Gasteiger partial charge in [0.2, 0.25) is 0 Å². The topological polar surface area (TPSA) is 80.0 Å². The Hall–Kier alpha value is -3.87. The van der Waals surface area contributed by atoms with Crippen molar-refractivity contribution >= 4 is 17.4 Å². The van der Waals surface area contributed by atoms with Crippen LogP contribution in [-0.2, 0) is 16.1 Å². The largest absolute Gasteiger partial charge is 0.507 e. The molecule has 1 fully saturated rings. The van der Waals surface area contributed by atoms with Gasteiger partial charge in [-0.25, -0.2) is 4.39 Å². The summed E-state index contributed by atoms with van der Waals surface area (Å²) in [6, 6.07) is 14.7. The van der Waals surface area contributed by atoms with Crippen molar-refractivity contribution in [2.75, 3.05) is 6.61 Å². The number of Topliss-reactive ketones (excluding diaryl/α,β-unsaturated/α-hetero) is 1. The Morgan fingerprint density at radius 2 is 1.91 bits per heavy atom. The lowest BCUT2D eigenvalue weighted by Gasteiger charge is -2.23. The zero-order valence-corrected chi connectivity index (χ0v) is 17.5. The normalized spacial score (nSPS) is 17.7. The Kier molecular flexibility index (Phi) is 6.07. The van der Waals surface area contributed by atoms with E-state index < -0.39 is 23.5 Å². The molecule has 1 atom stereocenters. The van der Waals surface area contributed by atoms with Gasteiger partial charge in [0.15, 0.2) is 0 Å². The molecule has 7 heteroatoms. The van der Waals surface area contributed by atoms with Crippen molar-refractivity contribution in [3.63, 3.8) is 0 Å². The number of hydrogen-bond donors (Lipinski definition) is 1. The van der Waals surface area contributed by atoms with Crippen LogP contribution < -0.4 is 4.74 Å². The summed E-state index contributed by atoms with van der Waals surface area (Å²) in [6.07, 6.45) is 2.26. The molecule has 2 heterocycles. The summed E-state index contributed by atoms with van der Waals surface area (Å²) in [5, 5.41) is 11.1. The van der Waals surface area contributed by atoms with Crippen molar-refractivity contribution in [3.05, 3.63) is 95.2 Å². The molecule has 1 N–H and O–H groups in total. The van der Waals surface area contributed by atoms with Crippen molar-refractivity contribution in [2.45, 2.75) is 25.9 Å². The van der Waals surface area contributed by atoms with Gasteiger partial charge in [0, 0.05) is 12.1 Å². The Morgan fingerprint density at radius 3 is 2.59 bits per heavy atom. The maximum Gasteiger partial charge on any atom is 0.296 e. The smallest absolute Gasteiger partial charge is 0.296 e. The second-order valence-electron chi connectivity index (χ2n) is 7.45. The molecule has 1 amide bonds. The highest BCUT2D eigenvalue weighted by Gasteiger charge is 2.47. The molecular weight excluding hydrogens is 413 g/mol. The van der Waals surface area contributed by atoms with Crippen molar-refractivity contribution in [1.82, 2.24) is 4.90 Å². The Balaban J connectivity index is 1.77. The van der Waals surface area contributed by atoms with Crippen molar-refractivity contribution in [1.29, 1.82) is 0 Å². The molecule has 4 rings (SSSR count). The van der Waals surface area contributed by atoms with E-state index in [0.29, 0.717) is 29.2 Å². The molecule has 3 aromatic rings. The summed E-state index contributed by atoms with van der Waals surface area (Å²) in [5.74, 6) is -1.41. The van der Waals surface area contributed by atoms with Crippen molar-refractivity contribution in [3.8, 4) is 5.75 Å². The van der Waals surface area contributed by atoms with Gasteiger partial charge in [0.05, 0.1) is 18.4 Å². The fraction of sp³-hybridized carbons (Fsp3) is 0.200. The maximum absolute atomic E-state index is 13.3. The first-order valence-electron chi connectivity index (χ1n) is 10.3. The zero-order chi connectivity index (χ0) is 22.7. The molecule has 1 aliphatic rings. The molecule has 1 saturated heterocycles. The summed E-state index contributed by atoms with van der Waals surface area (Å²) in [7, 11) is 0. The van der Waals surface area contributed by atoms with E-state index in [1.165, 1.54) is 23.3 Å². The number of carbonyl (C=O) groups excluding carboxylic acids is 2. The number of halogens is 1. The molecular formula is C25H22FNO5. The first kappa shape index (κ1) is 21.4. The van der Waals surface area contributed by atoms with Gasteiger partial charge in [-0.2, -0.15) is 0 Å². The number of carbonyl (C=O) groups is 2. The number of amides is 1. The van der Waals surface area contributed by atoms with Gasteiger partial charge in [-0.3, -0.25) is 9.59 Å². The van der Waals surface area contributed by atoms with Gasteiger partial charge in [0.1, 0.15) is 29.1 Å². The lowest BCUT2D eigenvalue weighted by atomic mass is 9.99. The van der Waals surface area contributed by atoms with Gasteiger partial charge in [0.25, 0.3) is 11.7 Å². The lowest BCUT2D eigenvalue weighted by molar-refractivity contribution is -0.140. The predicted molar refractivity (Wildman–Crippen MR) is 115 cm³/mol. The second kappa shape index (κ2) is 9.09. The molecule has 2 aromatic carbocycles. The SMILES string of the molecule is CCCOc1cccc(/C(O)=C2/C(=O)C(=O)N(Cc3ccc(F)cc3)C2c2ccco2)c1. The van der Waals surface area contributed by atoms with Gasteiger partial charge in [-0.1, -0.05) is 31.2 Å². The Bertz CT molecular complexity index is 1150. The summed E-state index contributed by atoms with van der Waals surface area (Å²) in [4.78, 5) is 27.2. The number of ether oxygens (including phenoxy) is 1. The van der Waals surface area contributed by atoms with Crippen LogP contribution in [0, 0.1) is 5.82 Å². The fourth-order valence-corrected chi connectivity index (χ4v) is 3.68. The minimum absolute atomic E-state index is 0.0483. The number of aliphatic hydroxyl groups excluding tert-OH is 1. The summed E-state index contributed by atoms with van der Waals surface area (Å²) in [6.45, 7) is 2.54. The van der Waals surface area contributed by atoms with Crippen LogP contribution in [0.3, 0.4) is 0 Å². The predicted octanol–water partition coefficient (Wildman–Crippen LogP) is 4.83. The third-order valence-corrected chi connectivity index (χ3v) is 5.20. The van der Waals surface area contributed by atoms with Crippen LogP contribution in [0.25, 0.3) is 5.76 Å². The maximum atomic E-state index is 13.3. The van der Waals surface area contributed by atoms with E-state index >= 15 is 0 Å². The van der Waals surface area contributed by atoms with E-state index in [1.807, 2.05) is 6.92 Å². The van der Waals surface area contributed by atoms with Crippen molar-refractivity contribution < 1.29 is 28.2 Å². The number of benzene rings is 2. The van der Waals surface area contributed by atoms with Gasteiger partial charge < -0.3 is 19.2 Å². The molecule has 0 bridgehead atoms. The van der Waals surface area contributed by atoms with E-state index in [9.17, 15) is 19.1 Å². The molecule has 32 heavy (non-hydrogen) atoms. The number of furan rings is 1. The monoisotopic (exact) mass is 435 g/mol. The molecule has 164 valence electrons. The third kappa shape index (κ3) is 4.14. The van der Waals surface area contributed by atoms with Crippen LogP contribution >= 0.6 is 0 Å². The molecule has 1 aliphatic heterocycles. The van der Waals surface area contributed by atoms with Gasteiger partial charge in [-0.05, 0) is 48.4 Å². The summed E-state index contributed by atoms with van der Waals surface area (Å²) >= 11 is 0. The fourth-order valence-electron chi connectivity index (χ4n) is 3.68. The summed E-state index contributed by atoms with van der Waals surface area (Å²) < 4.78 is 24.4. The first-order chi connectivity index (χ1) is 15.5. The minimum atomic E-state index is -0.921. The number of aliphatic hydroxyl groups is 1. The highest BCUT2D eigenvalue weighted by molar-refractivity contribution is 6.46. The van der Waals surface area contributed by atoms with Crippen LogP contribution in [0.15, 0.2) is 76.9 Å². The number of rotatable bonds is 7. The number of nitrogens with zero attached hydrogens (tertiary/aromatic N) is 1. The van der Waals surface area contributed by atoms with Crippen molar-refractivity contribution in [2.24, 2.45) is 0 Å². The molecule has 6 nitrogen and oxygen atoms in total. The van der Waals surface area contributed by atoms with E-state index in [0.717, 1.165) is 6.42 Å². The number of ketones is 1. The van der Waals surface area contributed by atoms with Crippen LogP contribution in [-0.4, -0.2) is 28.3 Å². The van der Waals surface area contributed by atoms with Gasteiger partial charge in [-0.15, -0.1) is 0 Å². The molecule has 0 aliphatic carbocycles. The first-order valence-corrected chi connectivity index (χ1v) is 10.3. The quantitative estimate of drug-likeness (QED) is 0.327. The molecule has 0 saturated carbocycles. The summed E-state index contributed by atoms with van der Waals surface area (Å²) in [5.41, 5.74) is 0.925. The van der Waals surface area contributed by atoms with Crippen LogP contribution in [0.5, 0.6) is 5.75 Å². The van der Waals surface area contributed by atoms with E-state index in [1.54, 1.807) is 48.5 Å². The van der Waals surface area contributed by atoms with E-state index in [4.69, 9.17) is 9.15 Å². The Labute approximate surface area is 184 Å². The third-order valence-electron chi connectivity index (χ3n) is 5.20. The molecule has 1 aromatic heterocycles. The highest BCUT2D eigenvalue weighted by atomic mass is 19.1. The molecule has 0 spiro atoms. The van der Waals surface area contributed by atoms with Gasteiger partial charge >= 0.3 is 0 Å². The van der Waals surface area contributed by atoms with Crippen LogP contribution in [0.1, 0.15) is 36.3 Å². The molecule has 1 unspecified atom stereocenters. The minimum Gasteiger partial charge on any atom is -0.507 e. The highest BCUT2D eigenvalue weighted by Crippen LogP contribution is 2.40. The van der Waals surface area contributed by atoms with E-state index in [2.05, 4.69) is 0 Å². The lowest BCUT2D eigenvalue weighted by Crippen LogP contribution is -2.29. The zero-order valence-electron chi connectivity index (χ0n) is 17.5. The molecule has 0 radical (unpaired) electrons. The second-order valence-corrected chi connectivity index (χ2v) is 7.45. The standard InChI is InChI=1S/C25H22FNO5/c1-2-12-31-19-6-3-5-17(14-19)23(28)21-22(20-7-4-13-32-20)27(25(30)24(21)29)15-16-8-10-18(26)11-9-16/h3-11,13-14,22,28H,2,12,15H2,1H3/b23-21-. The van der Waals surface area contributed by atoms with Crippen LogP contribution in [0.4, 0.5) is 4.39 Å².